The molecule has 2 aromatic heterocycles. The summed E-state index contributed by atoms with van der Waals surface area (Å²) in [6, 6.07) is 3.90. The van der Waals surface area contributed by atoms with Gasteiger partial charge < -0.3 is 4.90 Å². The standard InChI is InChI=1S/C13H14N4/c1-17-6-4-12-11(9-17)8-15-13(16-12)10-3-2-5-14-7-10/h2-3,5,7-8H,4,6,9H2,1H3. The molecule has 0 spiro atoms. The van der Waals surface area contributed by atoms with Crippen molar-refractivity contribution in [3.05, 3.63) is 42.0 Å². The first-order chi connectivity index (χ1) is 8.33. The third-order valence-electron chi connectivity index (χ3n) is 3.04. The fourth-order valence-electron chi connectivity index (χ4n) is 2.09. The van der Waals surface area contributed by atoms with Crippen LogP contribution in [0.25, 0.3) is 11.4 Å². The minimum Gasteiger partial charge on any atom is -0.302 e. The second-order valence-corrected chi connectivity index (χ2v) is 4.40. The molecule has 1 aliphatic heterocycles. The van der Waals surface area contributed by atoms with E-state index in [2.05, 4.69) is 26.9 Å². The van der Waals surface area contributed by atoms with Crippen LogP contribution in [0.5, 0.6) is 0 Å². The van der Waals surface area contributed by atoms with Gasteiger partial charge in [-0.3, -0.25) is 4.98 Å². The van der Waals surface area contributed by atoms with Crippen molar-refractivity contribution in [1.29, 1.82) is 0 Å². The quantitative estimate of drug-likeness (QED) is 0.739. The maximum Gasteiger partial charge on any atom is 0.160 e. The molecule has 4 heteroatoms. The largest absolute Gasteiger partial charge is 0.302 e. The average molecular weight is 226 g/mol. The Morgan fingerprint density at radius 1 is 1.29 bits per heavy atom. The number of fused-ring (bicyclic) bond motifs is 1. The Morgan fingerprint density at radius 2 is 2.24 bits per heavy atom. The predicted octanol–water partition coefficient (Wildman–Crippen LogP) is 1.53. The van der Waals surface area contributed by atoms with E-state index in [0.717, 1.165) is 30.9 Å². The van der Waals surface area contributed by atoms with E-state index < -0.39 is 0 Å². The highest BCUT2D eigenvalue weighted by Crippen LogP contribution is 2.19. The molecule has 2 aromatic rings. The van der Waals surface area contributed by atoms with Crippen molar-refractivity contribution in [3.8, 4) is 11.4 Å². The summed E-state index contributed by atoms with van der Waals surface area (Å²) in [4.78, 5) is 15.4. The molecule has 0 bridgehead atoms. The van der Waals surface area contributed by atoms with Gasteiger partial charge >= 0.3 is 0 Å². The molecule has 0 aromatic carbocycles. The first kappa shape index (κ1) is 10.4. The molecule has 3 rings (SSSR count). The maximum atomic E-state index is 4.64. The van der Waals surface area contributed by atoms with Gasteiger partial charge in [-0.25, -0.2) is 9.97 Å². The number of nitrogens with zero attached hydrogens (tertiary/aromatic N) is 4. The second-order valence-electron chi connectivity index (χ2n) is 4.40. The molecular formula is C13H14N4. The lowest BCUT2D eigenvalue weighted by Crippen LogP contribution is -2.27. The molecule has 4 nitrogen and oxygen atoms in total. The van der Waals surface area contributed by atoms with Crippen LogP contribution in [-0.2, 0) is 13.0 Å². The Morgan fingerprint density at radius 3 is 3.06 bits per heavy atom. The van der Waals surface area contributed by atoms with E-state index in [1.807, 2.05) is 18.3 Å². The molecule has 0 atom stereocenters. The van der Waals surface area contributed by atoms with Crippen LogP contribution in [0.2, 0.25) is 0 Å². The number of hydrogen-bond acceptors (Lipinski definition) is 4. The zero-order valence-corrected chi connectivity index (χ0v) is 9.80. The predicted molar refractivity (Wildman–Crippen MR) is 65.3 cm³/mol. The highest BCUT2D eigenvalue weighted by Gasteiger charge is 2.15. The topological polar surface area (TPSA) is 41.9 Å². The molecule has 0 aliphatic carbocycles. The van der Waals surface area contributed by atoms with Crippen molar-refractivity contribution < 1.29 is 0 Å². The third kappa shape index (κ3) is 2.03. The summed E-state index contributed by atoms with van der Waals surface area (Å²) >= 11 is 0. The van der Waals surface area contributed by atoms with E-state index >= 15 is 0 Å². The Kier molecular flexibility index (Phi) is 2.57. The minimum absolute atomic E-state index is 0.779. The second kappa shape index (κ2) is 4.22. The van der Waals surface area contributed by atoms with E-state index in [1.165, 1.54) is 11.3 Å². The van der Waals surface area contributed by atoms with E-state index in [-0.39, 0.29) is 0 Å². The first-order valence-electron chi connectivity index (χ1n) is 5.76. The van der Waals surface area contributed by atoms with Crippen molar-refractivity contribution in [2.75, 3.05) is 13.6 Å². The summed E-state index contributed by atoms with van der Waals surface area (Å²) in [5.41, 5.74) is 3.40. The van der Waals surface area contributed by atoms with Gasteiger partial charge in [-0.15, -0.1) is 0 Å². The smallest absolute Gasteiger partial charge is 0.160 e. The normalized spacial score (nSPS) is 15.6. The first-order valence-corrected chi connectivity index (χ1v) is 5.76. The number of pyridine rings is 1. The number of hydrogen-bond donors (Lipinski definition) is 0. The van der Waals surface area contributed by atoms with Crippen LogP contribution in [-0.4, -0.2) is 33.4 Å². The maximum absolute atomic E-state index is 4.64. The van der Waals surface area contributed by atoms with Crippen LogP contribution >= 0.6 is 0 Å². The van der Waals surface area contributed by atoms with Gasteiger partial charge in [-0.05, 0) is 19.2 Å². The highest BCUT2D eigenvalue weighted by atomic mass is 15.1. The van der Waals surface area contributed by atoms with Gasteiger partial charge in [-0.2, -0.15) is 0 Å². The summed E-state index contributed by atoms with van der Waals surface area (Å²) in [7, 11) is 2.12. The van der Waals surface area contributed by atoms with Crippen LogP contribution in [0.3, 0.4) is 0 Å². The fourth-order valence-corrected chi connectivity index (χ4v) is 2.09. The molecule has 0 N–H and O–H groups in total. The van der Waals surface area contributed by atoms with Crippen molar-refractivity contribution in [3.63, 3.8) is 0 Å². The SMILES string of the molecule is CN1CCc2nc(-c3cccnc3)ncc2C1. The summed E-state index contributed by atoms with van der Waals surface area (Å²) in [6.45, 7) is 2.01. The molecule has 3 heterocycles. The zero-order chi connectivity index (χ0) is 11.7. The molecule has 1 aliphatic rings. The van der Waals surface area contributed by atoms with E-state index in [0.29, 0.717) is 0 Å². The molecule has 0 saturated carbocycles. The Balaban J connectivity index is 1.99. The van der Waals surface area contributed by atoms with Gasteiger partial charge in [0.2, 0.25) is 0 Å². The average Bonchev–Trinajstić information content (AvgIpc) is 2.39. The van der Waals surface area contributed by atoms with Crippen molar-refractivity contribution in [2.24, 2.45) is 0 Å². The highest BCUT2D eigenvalue weighted by molar-refractivity contribution is 5.53. The van der Waals surface area contributed by atoms with Gasteiger partial charge in [0.15, 0.2) is 5.82 Å². The van der Waals surface area contributed by atoms with E-state index in [4.69, 9.17) is 0 Å². The van der Waals surface area contributed by atoms with Crippen LogP contribution in [0.1, 0.15) is 11.3 Å². The van der Waals surface area contributed by atoms with Gasteiger partial charge in [0.05, 0.1) is 5.69 Å². The lowest BCUT2D eigenvalue weighted by atomic mass is 10.1. The molecule has 0 amide bonds. The molecule has 17 heavy (non-hydrogen) atoms. The summed E-state index contributed by atoms with van der Waals surface area (Å²) in [6.07, 6.45) is 6.51. The van der Waals surface area contributed by atoms with Crippen LogP contribution in [0, 0.1) is 0 Å². The number of rotatable bonds is 1. The Labute approximate surface area is 100 Å². The monoisotopic (exact) mass is 226 g/mol. The van der Waals surface area contributed by atoms with Gasteiger partial charge in [0, 0.05) is 49.2 Å². The summed E-state index contributed by atoms with van der Waals surface area (Å²) in [5, 5.41) is 0. The van der Waals surface area contributed by atoms with Gasteiger partial charge in [0.25, 0.3) is 0 Å². The number of likely N-dealkylation sites (N-methyl/N-ethyl adjacent to an activating group) is 1. The molecule has 0 fully saturated rings. The molecule has 0 radical (unpaired) electrons. The molecule has 0 saturated heterocycles. The van der Waals surface area contributed by atoms with Crippen molar-refractivity contribution >= 4 is 0 Å². The van der Waals surface area contributed by atoms with E-state index in [1.54, 1.807) is 12.4 Å². The Hall–Kier alpha value is -1.81. The van der Waals surface area contributed by atoms with Crippen LogP contribution in [0.4, 0.5) is 0 Å². The van der Waals surface area contributed by atoms with Crippen molar-refractivity contribution in [2.45, 2.75) is 13.0 Å². The third-order valence-corrected chi connectivity index (χ3v) is 3.04. The lowest BCUT2D eigenvalue weighted by molar-refractivity contribution is 0.309. The van der Waals surface area contributed by atoms with Gasteiger partial charge in [-0.1, -0.05) is 0 Å². The molecular weight excluding hydrogens is 212 g/mol. The van der Waals surface area contributed by atoms with E-state index in [9.17, 15) is 0 Å². The zero-order valence-electron chi connectivity index (χ0n) is 9.80. The molecule has 86 valence electrons. The Bertz CT molecular complexity index is 524. The summed E-state index contributed by atoms with van der Waals surface area (Å²) < 4.78 is 0. The molecule has 0 unspecified atom stereocenters. The summed E-state index contributed by atoms with van der Waals surface area (Å²) in [5.74, 6) is 0.779. The number of aromatic nitrogens is 3. The van der Waals surface area contributed by atoms with Crippen LogP contribution in [0.15, 0.2) is 30.7 Å². The minimum atomic E-state index is 0.779. The van der Waals surface area contributed by atoms with Crippen molar-refractivity contribution in [1.82, 2.24) is 19.9 Å². The lowest BCUT2D eigenvalue weighted by Gasteiger charge is -2.23. The van der Waals surface area contributed by atoms with Gasteiger partial charge in [0.1, 0.15) is 0 Å². The van der Waals surface area contributed by atoms with Crippen LogP contribution < -0.4 is 0 Å². The fraction of sp³-hybridized carbons (Fsp3) is 0.308.